The smallest absolute Gasteiger partial charge is 0.123 e. The van der Waals surface area contributed by atoms with Crippen LogP contribution in [0.15, 0.2) is 54.7 Å². The van der Waals surface area contributed by atoms with Gasteiger partial charge in [0, 0.05) is 36.2 Å². The van der Waals surface area contributed by atoms with Gasteiger partial charge in [0.2, 0.25) is 0 Å². The van der Waals surface area contributed by atoms with E-state index in [9.17, 15) is 4.39 Å². The molecule has 1 aliphatic rings. The van der Waals surface area contributed by atoms with Crippen molar-refractivity contribution in [2.24, 2.45) is 0 Å². The van der Waals surface area contributed by atoms with Crippen molar-refractivity contribution in [3.05, 3.63) is 71.7 Å². The molecule has 2 aromatic carbocycles. The van der Waals surface area contributed by atoms with Crippen molar-refractivity contribution >= 4 is 10.9 Å². The van der Waals surface area contributed by atoms with Crippen molar-refractivity contribution in [1.82, 2.24) is 9.88 Å². The summed E-state index contributed by atoms with van der Waals surface area (Å²) in [5.41, 5.74) is 3.71. The molecule has 1 aromatic heterocycles. The first-order valence-electron chi connectivity index (χ1n) is 9.34. The molecule has 0 aliphatic heterocycles. The van der Waals surface area contributed by atoms with Gasteiger partial charge in [-0.1, -0.05) is 49.6 Å². The van der Waals surface area contributed by atoms with Crippen molar-refractivity contribution in [2.75, 3.05) is 0 Å². The number of nitrogens with one attached hydrogen (secondary N) is 1. The predicted molar refractivity (Wildman–Crippen MR) is 101 cm³/mol. The van der Waals surface area contributed by atoms with Gasteiger partial charge in [0.25, 0.3) is 0 Å². The lowest BCUT2D eigenvalue weighted by Crippen LogP contribution is -2.30. The Bertz CT molecular complexity index is 829. The molecule has 25 heavy (non-hydrogen) atoms. The van der Waals surface area contributed by atoms with Crippen LogP contribution in [0.3, 0.4) is 0 Å². The molecule has 0 atom stereocenters. The van der Waals surface area contributed by atoms with E-state index < -0.39 is 0 Å². The summed E-state index contributed by atoms with van der Waals surface area (Å²) in [7, 11) is 0. The summed E-state index contributed by atoms with van der Waals surface area (Å²) in [6.07, 6.45) is 8.94. The van der Waals surface area contributed by atoms with Crippen LogP contribution in [0.5, 0.6) is 0 Å². The maximum Gasteiger partial charge on any atom is 0.123 e. The van der Waals surface area contributed by atoms with Crippen molar-refractivity contribution in [3.8, 4) is 0 Å². The van der Waals surface area contributed by atoms with E-state index >= 15 is 0 Å². The number of nitrogens with zero attached hydrogens (tertiary/aromatic N) is 1. The van der Waals surface area contributed by atoms with Crippen LogP contribution < -0.4 is 5.32 Å². The highest BCUT2D eigenvalue weighted by atomic mass is 19.1. The van der Waals surface area contributed by atoms with Gasteiger partial charge in [0.15, 0.2) is 0 Å². The summed E-state index contributed by atoms with van der Waals surface area (Å²) < 4.78 is 15.4. The molecule has 0 unspecified atom stereocenters. The standard InChI is InChI=1S/C22H25FN2/c23-19-12-10-17(11-13-19)15-25-16-18(21-8-4-5-9-22(21)25)14-24-20-6-2-1-3-7-20/h4-5,8-13,16,20,24H,1-3,6-7,14-15H2. The van der Waals surface area contributed by atoms with Crippen LogP contribution in [0.2, 0.25) is 0 Å². The fraction of sp³-hybridized carbons (Fsp3) is 0.364. The van der Waals surface area contributed by atoms with Gasteiger partial charge in [-0.05, 0) is 42.2 Å². The second kappa shape index (κ2) is 7.40. The average molecular weight is 336 g/mol. The Morgan fingerprint density at radius 1 is 0.960 bits per heavy atom. The molecule has 0 radical (unpaired) electrons. The SMILES string of the molecule is Fc1ccc(Cn2cc(CNC3CCCCC3)c3ccccc32)cc1. The highest BCUT2D eigenvalue weighted by Gasteiger charge is 2.14. The molecule has 1 N–H and O–H groups in total. The van der Waals surface area contributed by atoms with Crippen LogP contribution in [0, 0.1) is 5.82 Å². The number of rotatable bonds is 5. The van der Waals surface area contributed by atoms with Gasteiger partial charge >= 0.3 is 0 Å². The van der Waals surface area contributed by atoms with Crippen LogP contribution >= 0.6 is 0 Å². The molecule has 4 rings (SSSR count). The predicted octanol–water partition coefficient (Wildman–Crippen LogP) is 5.25. The Morgan fingerprint density at radius 3 is 2.52 bits per heavy atom. The molecule has 0 spiro atoms. The van der Waals surface area contributed by atoms with E-state index in [4.69, 9.17) is 0 Å². The molecule has 0 amide bonds. The van der Waals surface area contributed by atoms with E-state index in [1.165, 1.54) is 60.7 Å². The van der Waals surface area contributed by atoms with Crippen LogP contribution in [0.1, 0.15) is 43.2 Å². The van der Waals surface area contributed by atoms with E-state index in [-0.39, 0.29) is 5.82 Å². The lowest BCUT2D eigenvalue weighted by atomic mass is 9.95. The molecule has 3 aromatic rings. The highest BCUT2D eigenvalue weighted by molar-refractivity contribution is 5.84. The van der Waals surface area contributed by atoms with Crippen molar-refractivity contribution < 1.29 is 4.39 Å². The molecule has 1 saturated carbocycles. The Hall–Kier alpha value is -2.13. The number of benzene rings is 2. The summed E-state index contributed by atoms with van der Waals surface area (Å²) in [4.78, 5) is 0. The lowest BCUT2D eigenvalue weighted by molar-refractivity contribution is 0.372. The van der Waals surface area contributed by atoms with Crippen LogP contribution in [-0.4, -0.2) is 10.6 Å². The molecular formula is C22H25FN2. The minimum absolute atomic E-state index is 0.182. The Balaban J connectivity index is 1.56. The van der Waals surface area contributed by atoms with Gasteiger partial charge in [-0.3, -0.25) is 0 Å². The Kier molecular flexibility index (Phi) is 4.84. The summed E-state index contributed by atoms with van der Waals surface area (Å²) >= 11 is 0. The third-order valence-electron chi connectivity index (χ3n) is 5.32. The van der Waals surface area contributed by atoms with E-state index in [1.54, 1.807) is 0 Å². The minimum Gasteiger partial charge on any atom is -0.343 e. The second-order valence-electron chi connectivity index (χ2n) is 7.14. The van der Waals surface area contributed by atoms with Gasteiger partial charge in [0.05, 0.1) is 0 Å². The third-order valence-corrected chi connectivity index (χ3v) is 5.32. The monoisotopic (exact) mass is 336 g/mol. The fourth-order valence-electron chi connectivity index (χ4n) is 3.94. The highest BCUT2D eigenvalue weighted by Crippen LogP contribution is 2.24. The van der Waals surface area contributed by atoms with Crippen molar-refractivity contribution in [2.45, 2.75) is 51.2 Å². The maximum atomic E-state index is 13.1. The first-order valence-corrected chi connectivity index (χ1v) is 9.34. The molecule has 1 heterocycles. The lowest BCUT2D eigenvalue weighted by Gasteiger charge is -2.22. The largest absolute Gasteiger partial charge is 0.343 e. The molecule has 0 bridgehead atoms. The number of para-hydroxylation sites is 1. The molecular weight excluding hydrogens is 311 g/mol. The molecule has 3 heteroatoms. The normalized spacial score (nSPS) is 15.7. The molecule has 0 saturated heterocycles. The summed E-state index contributed by atoms with van der Waals surface area (Å²) in [5, 5.41) is 5.06. The van der Waals surface area contributed by atoms with E-state index in [0.29, 0.717) is 6.04 Å². The average Bonchev–Trinajstić information content (AvgIpc) is 3.01. The topological polar surface area (TPSA) is 17.0 Å². The number of fused-ring (bicyclic) bond motifs is 1. The maximum absolute atomic E-state index is 13.1. The van der Waals surface area contributed by atoms with Gasteiger partial charge in [-0.25, -0.2) is 4.39 Å². The van der Waals surface area contributed by atoms with Crippen LogP contribution in [0.4, 0.5) is 4.39 Å². The van der Waals surface area contributed by atoms with Gasteiger partial charge in [0.1, 0.15) is 5.82 Å². The first-order chi connectivity index (χ1) is 12.3. The van der Waals surface area contributed by atoms with Gasteiger partial charge < -0.3 is 9.88 Å². The zero-order chi connectivity index (χ0) is 17.1. The van der Waals surface area contributed by atoms with Gasteiger partial charge in [-0.15, -0.1) is 0 Å². The molecule has 130 valence electrons. The first kappa shape index (κ1) is 16.3. The Labute approximate surface area is 148 Å². The number of aromatic nitrogens is 1. The summed E-state index contributed by atoms with van der Waals surface area (Å²) in [6.45, 7) is 1.69. The molecule has 2 nitrogen and oxygen atoms in total. The number of halogens is 1. The quantitative estimate of drug-likeness (QED) is 0.673. The Morgan fingerprint density at radius 2 is 1.72 bits per heavy atom. The van der Waals surface area contributed by atoms with E-state index in [1.807, 2.05) is 12.1 Å². The fourth-order valence-corrected chi connectivity index (χ4v) is 3.94. The van der Waals surface area contributed by atoms with E-state index in [2.05, 4.69) is 40.3 Å². The second-order valence-corrected chi connectivity index (χ2v) is 7.14. The van der Waals surface area contributed by atoms with Crippen molar-refractivity contribution in [1.29, 1.82) is 0 Å². The molecule has 1 fully saturated rings. The van der Waals surface area contributed by atoms with Crippen molar-refractivity contribution in [3.63, 3.8) is 0 Å². The minimum atomic E-state index is -0.182. The van der Waals surface area contributed by atoms with Crippen LogP contribution in [0.25, 0.3) is 10.9 Å². The number of hydrogen-bond donors (Lipinski definition) is 1. The third kappa shape index (κ3) is 3.77. The van der Waals surface area contributed by atoms with Gasteiger partial charge in [-0.2, -0.15) is 0 Å². The summed E-state index contributed by atoms with van der Waals surface area (Å²) in [6, 6.07) is 16.0. The zero-order valence-corrected chi connectivity index (χ0v) is 14.5. The zero-order valence-electron chi connectivity index (χ0n) is 14.5. The van der Waals surface area contributed by atoms with E-state index in [0.717, 1.165) is 18.7 Å². The summed E-state index contributed by atoms with van der Waals surface area (Å²) in [5.74, 6) is -0.182. The molecule has 1 aliphatic carbocycles. The van der Waals surface area contributed by atoms with Crippen LogP contribution in [-0.2, 0) is 13.1 Å². The number of hydrogen-bond acceptors (Lipinski definition) is 1.